The number of rotatable bonds is 5. The maximum atomic E-state index is 10.8. The first-order valence-electron chi connectivity index (χ1n) is 4.55. The van der Waals surface area contributed by atoms with E-state index in [4.69, 9.17) is 23.2 Å². The standard InChI is InChI=1S/C11H12Cl2OS/c1-15-9(7-10(12)14)11(13)8-5-3-2-4-6-8/h2-6,9,11H,7H2,1H3. The molecule has 0 radical (unpaired) electrons. The fourth-order valence-corrected chi connectivity index (χ4v) is 2.83. The molecule has 1 aromatic carbocycles. The van der Waals surface area contributed by atoms with Crippen LogP contribution in [0.3, 0.4) is 0 Å². The molecule has 0 spiro atoms. The Hall–Kier alpha value is -0.180. The van der Waals surface area contributed by atoms with E-state index in [1.165, 1.54) is 0 Å². The molecular formula is C11H12Cl2OS. The summed E-state index contributed by atoms with van der Waals surface area (Å²) in [5.74, 6) is 0. The number of halogens is 2. The van der Waals surface area contributed by atoms with Crippen LogP contribution in [0.1, 0.15) is 17.4 Å². The Labute approximate surface area is 104 Å². The number of benzene rings is 1. The van der Waals surface area contributed by atoms with Gasteiger partial charge in [-0.3, -0.25) is 4.79 Å². The van der Waals surface area contributed by atoms with Gasteiger partial charge in [-0.25, -0.2) is 0 Å². The lowest BCUT2D eigenvalue weighted by molar-refractivity contribution is -0.111. The van der Waals surface area contributed by atoms with Crippen molar-refractivity contribution < 1.29 is 4.79 Å². The van der Waals surface area contributed by atoms with Crippen LogP contribution in [-0.4, -0.2) is 16.7 Å². The van der Waals surface area contributed by atoms with Gasteiger partial charge >= 0.3 is 0 Å². The molecule has 2 atom stereocenters. The molecule has 1 rings (SSSR count). The molecule has 0 aliphatic rings. The van der Waals surface area contributed by atoms with Crippen LogP contribution in [0, 0.1) is 0 Å². The largest absolute Gasteiger partial charge is 0.281 e. The van der Waals surface area contributed by atoms with E-state index >= 15 is 0 Å². The van der Waals surface area contributed by atoms with Gasteiger partial charge in [-0.15, -0.1) is 11.6 Å². The van der Waals surface area contributed by atoms with Gasteiger partial charge in [0.2, 0.25) is 5.24 Å². The van der Waals surface area contributed by atoms with Crippen molar-refractivity contribution in [1.29, 1.82) is 0 Å². The molecule has 0 aliphatic heterocycles. The fourth-order valence-electron chi connectivity index (χ4n) is 1.32. The van der Waals surface area contributed by atoms with Crippen LogP contribution in [-0.2, 0) is 4.79 Å². The van der Waals surface area contributed by atoms with Crippen LogP contribution in [0.25, 0.3) is 0 Å². The molecule has 0 aromatic heterocycles. The number of hydrogen-bond acceptors (Lipinski definition) is 2. The van der Waals surface area contributed by atoms with Crippen molar-refractivity contribution in [3.63, 3.8) is 0 Å². The molecule has 1 aromatic rings. The molecule has 0 amide bonds. The Balaban J connectivity index is 2.73. The summed E-state index contributed by atoms with van der Waals surface area (Å²) in [7, 11) is 0. The van der Waals surface area contributed by atoms with Crippen LogP contribution >= 0.6 is 35.0 Å². The highest BCUT2D eigenvalue weighted by atomic mass is 35.5. The predicted molar refractivity (Wildman–Crippen MR) is 67.8 cm³/mol. The first kappa shape index (κ1) is 12.9. The molecule has 0 saturated heterocycles. The number of carbonyl (C=O) groups is 1. The Bertz CT molecular complexity index is 316. The summed E-state index contributed by atoms with van der Waals surface area (Å²) in [6.45, 7) is 0. The predicted octanol–water partition coefficient (Wildman–Crippen LogP) is 3.85. The average Bonchev–Trinajstić information content (AvgIpc) is 2.26. The minimum absolute atomic E-state index is 0.0269. The maximum absolute atomic E-state index is 10.8. The minimum Gasteiger partial charge on any atom is -0.281 e. The summed E-state index contributed by atoms with van der Waals surface area (Å²) in [6.07, 6.45) is 2.23. The van der Waals surface area contributed by atoms with Gasteiger partial charge in [-0.2, -0.15) is 11.8 Å². The third-order valence-electron chi connectivity index (χ3n) is 2.11. The number of carbonyl (C=O) groups excluding carboxylic acids is 1. The van der Waals surface area contributed by atoms with Gasteiger partial charge in [0.15, 0.2) is 0 Å². The van der Waals surface area contributed by atoms with Crippen LogP contribution in [0.5, 0.6) is 0 Å². The summed E-state index contributed by atoms with van der Waals surface area (Å²) < 4.78 is 0. The maximum Gasteiger partial charge on any atom is 0.222 e. The van der Waals surface area contributed by atoms with E-state index in [0.717, 1.165) is 5.56 Å². The molecule has 0 bridgehead atoms. The minimum atomic E-state index is -0.337. The van der Waals surface area contributed by atoms with Crippen LogP contribution in [0.4, 0.5) is 0 Å². The molecule has 0 saturated carbocycles. The van der Waals surface area contributed by atoms with Gasteiger partial charge in [-0.05, 0) is 23.4 Å². The lowest BCUT2D eigenvalue weighted by atomic mass is 10.1. The first-order valence-corrected chi connectivity index (χ1v) is 6.65. The third kappa shape index (κ3) is 4.06. The Morgan fingerprint density at radius 2 is 2.00 bits per heavy atom. The Morgan fingerprint density at radius 1 is 1.40 bits per heavy atom. The molecule has 4 heteroatoms. The molecule has 1 nitrogen and oxygen atoms in total. The van der Waals surface area contributed by atoms with Gasteiger partial charge < -0.3 is 0 Å². The van der Waals surface area contributed by atoms with Gasteiger partial charge in [0, 0.05) is 11.7 Å². The van der Waals surface area contributed by atoms with Crippen LogP contribution < -0.4 is 0 Å². The molecule has 15 heavy (non-hydrogen) atoms. The number of thioether (sulfide) groups is 1. The molecule has 0 fully saturated rings. The van der Waals surface area contributed by atoms with E-state index in [9.17, 15) is 4.79 Å². The lowest BCUT2D eigenvalue weighted by Crippen LogP contribution is -2.13. The molecule has 0 aliphatic carbocycles. The summed E-state index contributed by atoms with van der Waals surface area (Å²) in [4.78, 5) is 10.8. The second-order valence-electron chi connectivity index (χ2n) is 3.15. The van der Waals surface area contributed by atoms with Gasteiger partial charge in [0.1, 0.15) is 0 Å². The van der Waals surface area contributed by atoms with Crippen molar-refractivity contribution in [2.75, 3.05) is 6.26 Å². The molecule has 0 heterocycles. The lowest BCUT2D eigenvalue weighted by Gasteiger charge is -2.18. The zero-order chi connectivity index (χ0) is 11.3. The monoisotopic (exact) mass is 262 g/mol. The van der Waals surface area contributed by atoms with E-state index in [1.807, 2.05) is 36.6 Å². The van der Waals surface area contributed by atoms with E-state index in [2.05, 4.69) is 0 Å². The highest BCUT2D eigenvalue weighted by Crippen LogP contribution is 2.33. The van der Waals surface area contributed by atoms with Gasteiger partial charge in [0.05, 0.1) is 5.38 Å². The Morgan fingerprint density at radius 3 is 2.47 bits per heavy atom. The third-order valence-corrected chi connectivity index (χ3v) is 4.01. The van der Waals surface area contributed by atoms with Crippen molar-refractivity contribution in [3.8, 4) is 0 Å². The van der Waals surface area contributed by atoms with Crippen LogP contribution in [0.15, 0.2) is 30.3 Å². The molecule has 0 N–H and O–H groups in total. The van der Waals surface area contributed by atoms with Crippen molar-refractivity contribution in [3.05, 3.63) is 35.9 Å². The van der Waals surface area contributed by atoms with E-state index in [-0.39, 0.29) is 15.9 Å². The van der Waals surface area contributed by atoms with Crippen molar-refractivity contribution in [2.24, 2.45) is 0 Å². The highest BCUT2D eigenvalue weighted by molar-refractivity contribution is 7.99. The zero-order valence-electron chi connectivity index (χ0n) is 8.32. The van der Waals surface area contributed by atoms with Gasteiger partial charge in [-0.1, -0.05) is 30.3 Å². The highest BCUT2D eigenvalue weighted by Gasteiger charge is 2.21. The van der Waals surface area contributed by atoms with Crippen molar-refractivity contribution >= 4 is 40.2 Å². The van der Waals surface area contributed by atoms with Crippen LogP contribution in [0.2, 0.25) is 0 Å². The topological polar surface area (TPSA) is 17.1 Å². The van der Waals surface area contributed by atoms with Crippen molar-refractivity contribution in [2.45, 2.75) is 17.0 Å². The van der Waals surface area contributed by atoms with E-state index < -0.39 is 0 Å². The average molecular weight is 263 g/mol. The smallest absolute Gasteiger partial charge is 0.222 e. The summed E-state index contributed by atoms with van der Waals surface area (Å²) in [5.41, 5.74) is 1.02. The zero-order valence-corrected chi connectivity index (χ0v) is 10.6. The van der Waals surface area contributed by atoms with Crippen molar-refractivity contribution in [1.82, 2.24) is 0 Å². The SMILES string of the molecule is CSC(CC(=O)Cl)C(Cl)c1ccccc1. The molecular weight excluding hydrogens is 251 g/mol. The van der Waals surface area contributed by atoms with E-state index in [0.29, 0.717) is 6.42 Å². The quantitative estimate of drug-likeness (QED) is 0.592. The summed E-state index contributed by atoms with van der Waals surface area (Å²) in [6, 6.07) is 9.72. The fraction of sp³-hybridized carbons (Fsp3) is 0.364. The van der Waals surface area contributed by atoms with E-state index in [1.54, 1.807) is 11.8 Å². The molecule has 82 valence electrons. The van der Waals surface area contributed by atoms with Gasteiger partial charge in [0.25, 0.3) is 0 Å². The second-order valence-corrected chi connectivity index (χ2v) is 5.11. The number of hydrogen-bond donors (Lipinski definition) is 0. The first-order chi connectivity index (χ1) is 7.15. The Kier molecular flexibility index (Phi) is 5.51. The number of alkyl halides is 1. The molecule has 2 unspecified atom stereocenters. The second kappa shape index (κ2) is 6.41. The normalized spacial score (nSPS) is 14.6. The summed E-state index contributed by atoms with van der Waals surface area (Å²) in [5, 5.41) is -0.487. The summed E-state index contributed by atoms with van der Waals surface area (Å²) >= 11 is 13.2.